The van der Waals surface area contributed by atoms with E-state index in [1.165, 1.54) is 16.5 Å². The van der Waals surface area contributed by atoms with E-state index in [-0.39, 0.29) is 0 Å². The molecule has 0 amide bonds. The van der Waals surface area contributed by atoms with E-state index in [4.69, 9.17) is 10.1 Å². The maximum absolute atomic E-state index is 4.97. The first-order valence-corrected chi connectivity index (χ1v) is 8.07. The van der Waals surface area contributed by atoms with Crippen LogP contribution in [0.4, 0.5) is 0 Å². The molecule has 1 aliphatic carbocycles. The molecule has 1 aliphatic rings. The van der Waals surface area contributed by atoms with Crippen LogP contribution in [-0.2, 0) is 26.4 Å². The molecule has 0 bridgehead atoms. The fourth-order valence-electron chi connectivity index (χ4n) is 3.78. The number of nitrogens with zero attached hydrogens (tertiary/aromatic N) is 5. The van der Waals surface area contributed by atoms with E-state index >= 15 is 0 Å². The molecule has 23 heavy (non-hydrogen) atoms. The summed E-state index contributed by atoms with van der Waals surface area (Å²) in [5.74, 6) is 0. The number of fused-ring (bicyclic) bond motifs is 4. The summed E-state index contributed by atoms with van der Waals surface area (Å²) in [4.78, 5) is 4.97. The molecule has 5 heteroatoms. The van der Waals surface area contributed by atoms with Gasteiger partial charge < -0.3 is 0 Å². The molecule has 0 saturated carbocycles. The van der Waals surface area contributed by atoms with Crippen molar-refractivity contribution in [3.8, 4) is 11.3 Å². The molecule has 0 N–H and O–H groups in total. The lowest BCUT2D eigenvalue weighted by molar-refractivity contribution is 0.675. The topological polar surface area (TPSA) is 48.5 Å². The third-order valence-electron chi connectivity index (χ3n) is 4.85. The minimum atomic E-state index is 0.826. The van der Waals surface area contributed by atoms with Gasteiger partial charge in [-0.2, -0.15) is 10.2 Å². The highest BCUT2D eigenvalue weighted by molar-refractivity contribution is 6.09. The summed E-state index contributed by atoms with van der Waals surface area (Å²) < 4.78 is 3.96. The van der Waals surface area contributed by atoms with Crippen molar-refractivity contribution in [3.63, 3.8) is 0 Å². The molecule has 4 aromatic rings. The highest BCUT2D eigenvalue weighted by Gasteiger charge is 2.24. The second-order valence-electron chi connectivity index (χ2n) is 6.11. The molecule has 0 saturated heterocycles. The standard InChI is InChI=1S/C18H17N5/c1-3-23-18-13(10-19-23)17-15-14(20-18)9-8-11-6-4-5-7-12(11)16(15)21-22(17)2/h4-7,10H,3,8-9H2,1-2H3. The van der Waals surface area contributed by atoms with Crippen LogP contribution in [0.3, 0.4) is 0 Å². The summed E-state index contributed by atoms with van der Waals surface area (Å²) >= 11 is 0. The molecule has 5 rings (SSSR count). The minimum Gasteiger partial charge on any atom is -0.266 e. The maximum atomic E-state index is 4.97. The second kappa shape index (κ2) is 4.41. The van der Waals surface area contributed by atoms with Gasteiger partial charge in [-0.05, 0) is 25.3 Å². The van der Waals surface area contributed by atoms with Crippen molar-refractivity contribution in [2.24, 2.45) is 7.05 Å². The van der Waals surface area contributed by atoms with E-state index < -0.39 is 0 Å². The largest absolute Gasteiger partial charge is 0.266 e. The summed E-state index contributed by atoms with van der Waals surface area (Å²) in [6.07, 6.45) is 3.87. The van der Waals surface area contributed by atoms with Gasteiger partial charge in [0.05, 0.1) is 28.2 Å². The molecular formula is C18H17N5. The van der Waals surface area contributed by atoms with E-state index in [2.05, 4.69) is 36.3 Å². The van der Waals surface area contributed by atoms with Gasteiger partial charge in [-0.3, -0.25) is 4.68 Å². The van der Waals surface area contributed by atoms with Gasteiger partial charge in [0, 0.05) is 19.2 Å². The van der Waals surface area contributed by atoms with Crippen molar-refractivity contribution < 1.29 is 0 Å². The average Bonchev–Trinajstić information content (AvgIpc) is 3.09. The smallest absolute Gasteiger partial charge is 0.160 e. The molecule has 1 aromatic carbocycles. The summed E-state index contributed by atoms with van der Waals surface area (Å²) in [6.45, 7) is 2.92. The summed E-state index contributed by atoms with van der Waals surface area (Å²) in [5.41, 5.74) is 6.91. The van der Waals surface area contributed by atoms with Crippen LogP contribution in [0.5, 0.6) is 0 Å². The predicted molar refractivity (Wildman–Crippen MR) is 90.3 cm³/mol. The third-order valence-corrected chi connectivity index (χ3v) is 4.85. The van der Waals surface area contributed by atoms with Crippen LogP contribution in [0.15, 0.2) is 30.5 Å². The number of hydrogen-bond acceptors (Lipinski definition) is 3. The lowest BCUT2D eigenvalue weighted by Crippen LogP contribution is -2.01. The van der Waals surface area contributed by atoms with E-state index in [0.29, 0.717) is 0 Å². The van der Waals surface area contributed by atoms with E-state index in [9.17, 15) is 0 Å². The summed E-state index contributed by atoms with van der Waals surface area (Å²) in [7, 11) is 2.02. The van der Waals surface area contributed by atoms with Crippen molar-refractivity contribution in [1.82, 2.24) is 24.5 Å². The zero-order valence-electron chi connectivity index (χ0n) is 13.2. The number of rotatable bonds is 1. The Morgan fingerprint density at radius 2 is 2.04 bits per heavy atom. The lowest BCUT2D eigenvalue weighted by Gasteiger charge is -2.05. The quantitative estimate of drug-likeness (QED) is 0.543. The first kappa shape index (κ1) is 12.8. The first-order chi connectivity index (χ1) is 11.3. The molecule has 3 aromatic heterocycles. The van der Waals surface area contributed by atoms with Crippen LogP contribution >= 0.6 is 0 Å². The molecule has 0 atom stereocenters. The van der Waals surface area contributed by atoms with Crippen molar-refractivity contribution in [2.75, 3.05) is 0 Å². The molecule has 0 aliphatic heterocycles. The van der Waals surface area contributed by atoms with Crippen LogP contribution in [0.25, 0.3) is 33.2 Å². The van der Waals surface area contributed by atoms with Gasteiger partial charge in [0.15, 0.2) is 5.65 Å². The highest BCUT2D eigenvalue weighted by atomic mass is 15.3. The summed E-state index contributed by atoms with van der Waals surface area (Å²) in [5, 5.41) is 11.6. The maximum Gasteiger partial charge on any atom is 0.160 e. The number of benzene rings is 1. The number of pyridine rings is 1. The molecule has 0 unspecified atom stereocenters. The zero-order valence-corrected chi connectivity index (χ0v) is 13.2. The van der Waals surface area contributed by atoms with E-state index in [0.717, 1.165) is 47.3 Å². The van der Waals surface area contributed by atoms with Gasteiger partial charge in [-0.1, -0.05) is 24.3 Å². The Labute approximate surface area is 133 Å². The fourth-order valence-corrected chi connectivity index (χ4v) is 3.78. The third kappa shape index (κ3) is 1.59. The Bertz CT molecular complexity index is 1070. The highest BCUT2D eigenvalue weighted by Crippen LogP contribution is 2.38. The average molecular weight is 303 g/mol. The fraction of sp³-hybridized carbons (Fsp3) is 0.278. The number of aromatic nitrogens is 5. The van der Waals surface area contributed by atoms with Crippen molar-refractivity contribution in [1.29, 1.82) is 0 Å². The van der Waals surface area contributed by atoms with Crippen molar-refractivity contribution >= 4 is 21.9 Å². The Morgan fingerprint density at radius 3 is 2.91 bits per heavy atom. The molecule has 0 fully saturated rings. The lowest BCUT2D eigenvalue weighted by atomic mass is 10.0. The molecular weight excluding hydrogens is 286 g/mol. The predicted octanol–water partition coefficient (Wildman–Crippen LogP) is 3.10. The molecule has 5 nitrogen and oxygen atoms in total. The Balaban J connectivity index is 1.98. The zero-order chi connectivity index (χ0) is 15.6. The SMILES string of the molecule is CCn1ncc2c3c4c(nc21)CCc1ccccc1-c4nn3C. The normalized spacial score (nSPS) is 13.5. The number of hydrogen-bond donors (Lipinski definition) is 0. The van der Waals surface area contributed by atoms with Gasteiger partial charge in [0.2, 0.25) is 0 Å². The minimum absolute atomic E-state index is 0.826. The molecule has 0 radical (unpaired) electrons. The van der Waals surface area contributed by atoms with Gasteiger partial charge in [0.25, 0.3) is 0 Å². The van der Waals surface area contributed by atoms with Crippen LogP contribution in [0.1, 0.15) is 18.2 Å². The Morgan fingerprint density at radius 1 is 1.17 bits per heavy atom. The van der Waals surface area contributed by atoms with Crippen LogP contribution in [0.2, 0.25) is 0 Å². The van der Waals surface area contributed by atoms with Crippen LogP contribution in [0, 0.1) is 0 Å². The Kier molecular flexibility index (Phi) is 2.46. The van der Waals surface area contributed by atoms with E-state index in [1.54, 1.807) is 0 Å². The van der Waals surface area contributed by atoms with Gasteiger partial charge in [-0.15, -0.1) is 0 Å². The van der Waals surface area contributed by atoms with Gasteiger partial charge in [0.1, 0.15) is 5.69 Å². The number of aryl methyl sites for hydroxylation is 4. The molecule has 0 spiro atoms. The second-order valence-corrected chi connectivity index (χ2v) is 6.11. The molecule has 3 heterocycles. The monoisotopic (exact) mass is 303 g/mol. The molecule has 114 valence electrons. The van der Waals surface area contributed by atoms with Gasteiger partial charge >= 0.3 is 0 Å². The van der Waals surface area contributed by atoms with Crippen molar-refractivity contribution in [2.45, 2.75) is 26.3 Å². The van der Waals surface area contributed by atoms with E-state index in [1.807, 2.05) is 22.6 Å². The van der Waals surface area contributed by atoms with Crippen LogP contribution in [-0.4, -0.2) is 24.5 Å². The van der Waals surface area contributed by atoms with Gasteiger partial charge in [-0.25, -0.2) is 9.67 Å². The summed E-state index contributed by atoms with van der Waals surface area (Å²) in [6, 6.07) is 8.57. The van der Waals surface area contributed by atoms with Crippen LogP contribution < -0.4 is 0 Å². The van der Waals surface area contributed by atoms with Crippen molar-refractivity contribution in [3.05, 3.63) is 41.7 Å². The first-order valence-electron chi connectivity index (χ1n) is 8.07. The Hall–Kier alpha value is -2.69.